The number of rotatable bonds is 6. The third-order valence-corrected chi connectivity index (χ3v) is 7.18. The number of hydrogen-bond acceptors (Lipinski definition) is 5. The number of methoxy groups -OCH3 is 2. The van der Waals surface area contributed by atoms with E-state index in [2.05, 4.69) is 0 Å². The topological polar surface area (TPSA) is 71.4 Å². The van der Waals surface area contributed by atoms with Gasteiger partial charge in [-0.3, -0.25) is 9.79 Å². The summed E-state index contributed by atoms with van der Waals surface area (Å²) >= 11 is 0. The molecule has 6 heteroatoms. The summed E-state index contributed by atoms with van der Waals surface area (Å²) in [6.07, 6.45) is 0. The van der Waals surface area contributed by atoms with Crippen LogP contribution in [0.3, 0.4) is 0 Å². The average Bonchev–Trinajstić information content (AvgIpc) is 3.24. The van der Waals surface area contributed by atoms with Gasteiger partial charge in [-0.15, -0.1) is 0 Å². The van der Waals surface area contributed by atoms with E-state index in [-0.39, 0.29) is 18.4 Å². The van der Waals surface area contributed by atoms with Crippen molar-refractivity contribution in [3.8, 4) is 11.5 Å². The van der Waals surface area contributed by atoms with E-state index in [4.69, 9.17) is 14.5 Å². The van der Waals surface area contributed by atoms with Gasteiger partial charge in [-0.05, 0) is 41.0 Å². The Kier molecular flexibility index (Phi) is 5.41. The second kappa shape index (κ2) is 8.29. The van der Waals surface area contributed by atoms with Crippen LogP contribution in [0.25, 0.3) is 0 Å². The second-order valence-corrected chi connectivity index (χ2v) is 8.95. The molecule has 0 radical (unpaired) electrons. The summed E-state index contributed by atoms with van der Waals surface area (Å²) in [4.78, 5) is 20.8. The Balaban J connectivity index is 1.59. The number of aliphatic imine (C=N–C) groups is 1. The van der Waals surface area contributed by atoms with E-state index in [1.54, 1.807) is 19.1 Å². The number of nitrogens with zero attached hydrogens (tertiary/aromatic N) is 2. The maximum Gasteiger partial charge on any atom is 0.239 e. The Morgan fingerprint density at radius 1 is 0.941 bits per heavy atom. The molecule has 0 unspecified atom stereocenters. The van der Waals surface area contributed by atoms with Crippen LogP contribution < -0.4 is 9.47 Å². The molecule has 2 aliphatic rings. The Hall–Kier alpha value is -3.64. The lowest BCUT2D eigenvalue weighted by Crippen LogP contribution is -2.52. The second-order valence-electron chi connectivity index (χ2n) is 8.95. The lowest BCUT2D eigenvalue weighted by molar-refractivity contribution is -0.136. The van der Waals surface area contributed by atoms with Gasteiger partial charge in [0.25, 0.3) is 0 Å². The third kappa shape index (κ3) is 3.21. The van der Waals surface area contributed by atoms with E-state index >= 15 is 0 Å². The molecule has 2 heterocycles. The summed E-state index contributed by atoms with van der Waals surface area (Å²) in [7, 11) is 3.23. The van der Waals surface area contributed by atoms with Crippen molar-refractivity contribution >= 4 is 11.6 Å². The predicted molar refractivity (Wildman–Crippen MR) is 130 cm³/mol. The molecular weight excluding hydrogens is 428 g/mol. The molecule has 3 aromatic rings. The third-order valence-electron chi connectivity index (χ3n) is 7.18. The largest absolute Gasteiger partial charge is 0.497 e. The fraction of sp³-hybridized carbons (Fsp3) is 0.286. The van der Waals surface area contributed by atoms with Crippen LogP contribution in [0.15, 0.2) is 83.9 Å². The van der Waals surface area contributed by atoms with Crippen molar-refractivity contribution in [2.45, 2.75) is 24.6 Å². The van der Waals surface area contributed by atoms with Gasteiger partial charge < -0.3 is 19.5 Å². The van der Waals surface area contributed by atoms with E-state index < -0.39 is 11.1 Å². The van der Waals surface area contributed by atoms with E-state index in [1.807, 2.05) is 85.8 Å². The monoisotopic (exact) mass is 456 g/mol. The highest BCUT2D eigenvalue weighted by Crippen LogP contribution is 2.55. The number of benzene rings is 3. The normalized spacial score (nSPS) is 25.8. The van der Waals surface area contributed by atoms with Crippen LogP contribution in [-0.2, 0) is 16.8 Å². The van der Waals surface area contributed by atoms with Gasteiger partial charge in [-0.1, -0.05) is 61.5 Å². The highest BCUT2D eigenvalue weighted by atomic mass is 16.5. The summed E-state index contributed by atoms with van der Waals surface area (Å²) in [6.45, 7) is 2.49. The molecule has 0 aromatic heterocycles. The molecule has 1 N–H and O–H groups in total. The van der Waals surface area contributed by atoms with Crippen molar-refractivity contribution in [2.75, 3.05) is 20.8 Å². The van der Waals surface area contributed by atoms with Crippen molar-refractivity contribution < 1.29 is 19.4 Å². The van der Waals surface area contributed by atoms with Gasteiger partial charge in [0, 0.05) is 12.5 Å². The van der Waals surface area contributed by atoms with E-state index in [0.717, 1.165) is 28.2 Å². The predicted octanol–water partition coefficient (Wildman–Crippen LogP) is 3.81. The van der Waals surface area contributed by atoms with Gasteiger partial charge in [0.15, 0.2) is 5.72 Å². The SMILES string of the molecule is COc1ccc(CN2C[C@@]3(O)N=C(c4ccccc4)[C@H](C)[C@@]3(c3ccc(OC)cc3)C2=O)cc1. The van der Waals surface area contributed by atoms with Gasteiger partial charge in [0.2, 0.25) is 5.91 Å². The number of amides is 1. The fourth-order valence-electron chi connectivity index (χ4n) is 5.50. The molecule has 6 nitrogen and oxygen atoms in total. The number of fused-ring (bicyclic) bond motifs is 1. The van der Waals surface area contributed by atoms with E-state index in [1.165, 1.54) is 0 Å². The Bertz CT molecular complexity index is 1220. The van der Waals surface area contributed by atoms with Gasteiger partial charge in [-0.25, -0.2) is 0 Å². The highest BCUT2D eigenvalue weighted by molar-refractivity contribution is 6.11. The molecule has 3 aromatic carbocycles. The maximum atomic E-state index is 14.2. The number of carbonyl (C=O) groups is 1. The maximum absolute atomic E-state index is 14.2. The van der Waals surface area contributed by atoms with Crippen LogP contribution >= 0.6 is 0 Å². The summed E-state index contributed by atoms with van der Waals surface area (Å²) < 4.78 is 10.6. The van der Waals surface area contributed by atoms with Crippen LogP contribution in [0.1, 0.15) is 23.6 Å². The van der Waals surface area contributed by atoms with E-state index in [0.29, 0.717) is 12.3 Å². The van der Waals surface area contributed by atoms with Crippen molar-refractivity contribution in [1.29, 1.82) is 0 Å². The molecule has 1 fully saturated rings. The zero-order valence-electron chi connectivity index (χ0n) is 19.6. The number of β-amino-alcohol motifs (C(OH)–C–C–N with tert-alkyl or cyclic N) is 1. The van der Waals surface area contributed by atoms with Gasteiger partial charge in [0.05, 0.1) is 26.5 Å². The van der Waals surface area contributed by atoms with Crippen molar-refractivity contribution in [3.63, 3.8) is 0 Å². The Morgan fingerprint density at radius 3 is 2.12 bits per heavy atom. The number of ether oxygens (including phenoxy) is 2. The minimum Gasteiger partial charge on any atom is -0.497 e. The first-order valence-corrected chi connectivity index (χ1v) is 11.4. The Labute approximate surface area is 199 Å². The van der Waals surface area contributed by atoms with Crippen LogP contribution in [0, 0.1) is 5.92 Å². The first-order valence-electron chi connectivity index (χ1n) is 11.4. The number of carbonyl (C=O) groups excluding carboxylic acids is 1. The molecule has 0 spiro atoms. The number of aliphatic hydroxyl groups is 1. The lowest BCUT2D eigenvalue weighted by Gasteiger charge is -2.36. The minimum atomic E-state index is -1.59. The van der Waals surface area contributed by atoms with Crippen LogP contribution in [0.4, 0.5) is 0 Å². The zero-order chi connectivity index (χ0) is 23.9. The van der Waals surface area contributed by atoms with Crippen LogP contribution in [0.5, 0.6) is 11.5 Å². The molecule has 0 aliphatic carbocycles. The summed E-state index contributed by atoms with van der Waals surface area (Å²) in [6, 6.07) is 24.8. The van der Waals surface area contributed by atoms with Gasteiger partial charge in [-0.2, -0.15) is 0 Å². The first-order chi connectivity index (χ1) is 16.4. The van der Waals surface area contributed by atoms with Crippen LogP contribution in [-0.4, -0.2) is 48.1 Å². The average molecular weight is 457 g/mol. The Morgan fingerprint density at radius 2 is 1.53 bits per heavy atom. The first kappa shape index (κ1) is 22.2. The quantitative estimate of drug-likeness (QED) is 0.612. The highest BCUT2D eigenvalue weighted by Gasteiger charge is 2.71. The van der Waals surface area contributed by atoms with Crippen molar-refractivity contribution in [3.05, 3.63) is 95.6 Å². The lowest BCUT2D eigenvalue weighted by atomic mass is 9.65. The molecule has 0 bridgehead atoms. The van der Waals surface area contributed by atoms with Crippen molar-refractivity contribution in [1.82, 2.24) is 4.90 Å². The van der Waals surface area contributed by atoms with Crippen molar-refractivity contribution in [2.24, 2.45) is 10.9 Å². The van der Waals surface area contributed by atoms with Crippen LogP contribution in [0.2, 0.25) is 0 Å². The summed E-state index contributed by atoms with van der Waals surface area (Å²) in [5.41, 5.74) is 0.548. The molecule has 3 atom stereocenters. The molecule has 34 heavy (non-hydrogen) atoms. The smallest absolute Gasteiger partial charge is 0.239 e. The number of likely N-dealkylation sites (tertiary alicyclic amines) is 1. The molecule has 2 aliphatic heterocycles. The van der Waals surface area contributed by atoms with Gasteiger partial charge >= 0.3 is 0 Å². The zero-order valence-corrected chi connectivity index (χ0v) is 19.6. The molecule has 1 saturated heterocycles. The molecule has 174 valence electrons. The fourth-order valence-corrected chi connectivity index (χ4v) is 5.50. The number of hydrogen-bond donors (Lipinski definition) is 1. The molecule has 5 rings (SSSR count). The van der Waals surface area contributed by atoms with Gasteiger partial charge in [0.1, 0.15) is 16.9 Å². The molecule has 0 saturated carbocycles. The molecule has 1 amide bonds. The standard InChI is InChI=1S/C28H28N2O4/c1-19-25(21-7-5-4-6-8-21)29-27(32)18-30(17-20-9-13-23(33-2)14-10-20)26(31)28(19,27)22-11-15-24(34-3)16-12-22/h4-16,19,32H,17-18H2,1-3H3/t19-,27-,28+/m0/s1. The van der Waals surface area contributed by atoms with E-state index in [9.17, 15) is 9.90 Å². The molecular formula is C28H28N2O4. The summed E-state index contributed by atoms with van der Waals surface area (Å²) in [5, 5.41) is 12.1. The minimum absolute atomic E-state index is 0.116. The summed E-state index contributed by atoms with van der Waals surface area (Å²) in [5.74, 6) is 0.992.